The summed E-state index contributed by atoms with van der Waals surface area (Å²) in [5.41, 5.74) is 10.1. The van der Waals surface area contributed by atoms with Gasteiger partial charge in [0.1, 0.15) is 0 Å². The Morgan fingerprint density at radius 2 is 2.11 bits per heavy atom. The molecule has 0 saturated heterocycles. The van der Waals surface area contributed by atoms with Crippen LogP contribution < -0.4 is 5.73 Å². The van der Waals surface area contributed by atoms with Crippen LogP contribution in [0.1, 0.15) is 23.9 Å². The number of hydrogen-bond acceptors (Lipinski definition) is 2. The fourth-order valence-corrected chi connectivity index (χ4v) is 2.57. The molecule has 0 aliphatic heterocycles. The first kappa shape index (κ1) is 14.6. The molecule has 1 aromatic carbocycles. The zero-order valence-corrected chi connectivity index (χ0v) is 13.6. The molecule has 0 aliphatic rings. The van der Waals surface area contributed by atoms with Crippen LogP contribution in [0.15, 0.2) is 22.7 Å². The van der Waals surface area contributed by atoms with Gasteiger partial charge in [-0.15, -0.1) is 0 Å². The molecule has 0 spiro atoms. The van der Waals surface area contributed by atoms with E-state index < -0.39 is 0 Å². The summed E-state index contributed by atoms with van der Waals surface area (Å²) in [6.45, 7) is 6.00. The lowest BCUT2D eigenvalue weighted by Crippen LogP contribution is -2.19. The minimum atomic E-state index is 0.0811. The zero-order chi connectivity index (χ0) is 14.2. The normalized spacial score (nSPS) is 12.7. The van der Waals surface area contributed by atoms with Gasteiger partial charge in [0.05, 0.1) is 21.5 Å². The largest absolute Gasteiger partial charge is 0.328 e. The second-order valence-corrected chi connectivity index (χ2v) is 6.08. The molecule has 2 aromatic rings. The van der Waals surface area contributed by atoms with E-state index in [4.69, 9.17) is 17.3 Å². The highest BCUT2D eigenvalue weighted by atomic mass is 79.9. The van der Waals surface area contributed by atoms with Crippen LogP contribution in [0.2, 0.25) is 5.02 Å². The SMILES string of the molecule is Cc1nn(-c2ccc(Cl)cc2CC(C)N)c(C)c1Br. The Morgan fingerprint density at radius 3 is 2.63 bits per heavy atom. The average Bonchev–Trinajstić information content (AvgIpc) is 2.57. The molecule has 5 heteroatoms. The molecule has 1 unspecified atom stereocenters. The van der Waals surface area contributed by atoms with Gasteiger partial charge in [-0.2, -0.15) is 5.10 Å². The summed E-state index contributed by atoms with van der Waals surface area (Å²) in [4.78, 5) is 0. The molecule has 0 radical (unpaired) electrons. The van der Waals surface area contributed by atoms with Gasteiger partial charge >= 0.3 is 0 Å². The summed E-state index contributed by atoms with van der Waals surface area (Å²) >= 11 is 9.64. The van der Waals surface area contributed by atoms with Crippen LogP contribution in [0.3, 0.4) is 0 Å². The fraction of sp³-hybridized carbons (Fsp3) is 0.357. The summed E-state index contributed by atoms with van der Waals surface area (Å²) < 4.78 is 2.97. The lowest BCUT2D eigenvalue weighted by molar-refractivity contribution is 0.724. The Morgan fingerprint density at radius 1 is 1.42 bits per heavy atom. The molecule has 3 nitrogen and oxygen atoms in total. The van der Waals surface area contributed by atoms with Gasteiger partial charge in [0.15, 0.2) is 0 Å². The third-order valence-electron chi connectivity index (χ3n) is 3.01. The third-order valence-corrected chi connectivity index (χ3v) is 4.40. The van der Waals surface area contributed by atoms with Crippen molar-refractivity contribution in [3.05, 3.63) is 44.6 Å². The molecular weight excluding hydrogens is 326 g/mol. The number of benzene rings is 1. The highest BCUT2D eigenvalue weighted by Crippen LogP contribution is 2.26. The predicted octanol–water partition coefficient (Wildman–Crippen LogP) is 3.79. The molecule has 0 amide bonds. The molecule has 2 N–H and O–H groups in total. The van der Waals surface area contributed by atoms with E-state index in [1.165, 1.54) is 0 Å². The van der Waals surface area contributed by atoms with E-state index in [-0.39, 0.29) is 6.04 Å². The lowest BCUT2D eigenvalue weighted by Gasteiger charge is -2.13. The van der Waals surface area contributed by atoms with Gasteiger partial charge in [0, 0.05) is 11.1 Å². The number of hydrogen-bond donors (Lipinski definition) is 1. The molecule has 1 heterocycles. The molecule has 0 saturated carbocycles. The van der Waals surface area contributed by atoms with Crippen LogP contribution in [0, 0.1) is 13.8 Å². The van der Waals surface area contributed by atoms with E-state index in [2.05, 4.69) is 21.0 Å². The Balaban J connectivity index is 2.57. The van der Waals surface area contributed by atoms with Gasteiger partial charge in [-0.3, -0.25) is 0 Å². The molecule has 102 valence electrons. The summed E-state index contributed by atoms with van der Waals surface area (Å²) in [5.74, 6) is 0. The number of nitrogens with two attached hydrogens (primary N) is 1. The Bertz CT molecular complexity index is 605. The first-order chi connectivity index (χ1) is 8.90. The second-order valence-electron chi connectivity index (χ2n) is 4.85. The molecule has 0 fully saturated rings. The van der Waals surface area contributed by atoms with Gasteiger partial charge in [-0.25, -0.2) is 4.68 Å². The van der Waals surface area contributed by atoms with Gasteiger partial charge < -0.3 is 5.73 Å². The quantitative estimate of drug-likeness (QED) is 0.922. The van der Waals surface area contributed by atoms with E-state index >= 15 is 0 Å². The molecule has 1 aromatic heterocycles. The zero-order valence-electron chi connectivity index (χ0n) is 11.2. The van der Waals surface area contributed by atoms with Crippen molar-refractivity contribution < 1.29 is 0 Å². The van der Waals surface area contributed by atoms with Gasteiger partial charge in [-0.1, -0.05) is 11.6 Å². The molecule has 2 rings (SSSR count). The van der Waals surface area contributed by atoms with Crippen molar-refractivity contribution in [1.29, 1.82) is 0 Å². The van der Waals surface area contributed by atoms with Crippen LogP contribution in [-0.4, -0.2) is 15.8 Å². The number of aryl methyl sites for hydroxylation is 1. The summed E-state index contributed by atoms with van der Waals surface area (Å²) in [5, 5.41) is 5.29. The van der Waals surface area contributed by atoms with Gasteiger partial charge in [0.2, 0.25) is 0 Å². The minimum Gasteiger partial charge on any atom is -0.328 e. The maximum atomic E-state index is 6.08. The lowest BCUT2D eigenvalue weighted by atomic mass is 10.1. The number of aromatic nitrogens is 2. The van der Waals surface area contributed by atoms with Crippen molar-refractivity contribution in [1.82, 2.24) is 9.78 Å². The fourth-order valence-electron chi connectivity index (χ4n) is 2.13. The summed E-state index contributed by atoms with van der Waals surface area (Å²) in [6, 6.07) is 5.92. The van der Waals surface area contributed by atoms with E-state index in [0.717, 1.165) is 38.6 Å². The molecular formula is C14H17BrClN3. The average molecular weight is 343 g/mol. The van der Waals surface area contributed by atoms with Crippen LogP contribution >= 0.6 is 27.5 Å². The molecule has 0 bridgehead atoms. The highest BCUT2D eigenvalue weighted by molar-refractivity contribution is 9.10. The first-order valence-corrected chi connectivity index (χ1v) is 7.33. The van der Waals surface area contributed by atoms with Crippen molar-refractivity contribution in [2.45, 2.75) is 33.2 Å². The molecule has 1 atom stereocenters. The van der Waals surface area contributed by atoms with Crippen molar-refractivity contribution >= 4 is 27.5 Å². The first-order valence-electron chi connectivity index (χ1n) is 6.16. The van der Waals surface area contributed by atoms with Gasteiger partial charge in [-0.05, 0) is 66.9 Å². The predicted molar refractivity (Wildman–Crippen MR) is 83.1 cm³/mol. The number of halogens is 2. The molecule has 0 aliphatic carbocycles. The number of rotatable bonds is 3. The van der Waals surface area contributed by atoms with E-state index in [9.17, 15) is 0 Å². The van der Waals surface area contributed by atoms with Crippen molar-refractivity contribution in [2.75, 3.05) is 0 Å². The Hall–Kier alpha value is -0.840. The van der Waals surface area contributed by atoms with E-state index in [0.29, 0.717) is 0 Å². The maximum Gasteiger partial charge on any atom is 0.0743 e. The maximum absolute atomic E-state index is 6.08. The topological polar surface area (TPSA) is 43.8 Å². The Kier molecular flexibility index (Phi) is 4.33. The van der Waals surface area contributed by atoms with Gasteiger partial charge in [0.25, 0.3) is 0 Å². The van der Waals surface area contributed by atoms with Crippen LogP contribution in [0.4, 0.5) is 0 Å². The van der Waals surface area contributed by atoms with Crippen LogP contribution in [-0.2, 0) is 6.42 Å². The summed E-state index contributed by atoms with van der Waals surface area (Å²) in [7, 11) is 0. The van der Waals surface area contributed by atoms with Crippen LogP contribution in [0.5, 0.6) is 0 Å². The second kappa shape index (κ2) is 5.65. The smallest absolute Gasteiger partial charge is 0.0743 e. The molecule has 19 heavy (non-hydrogen) atoms. The van der Waals surface area contributed by atoms with E-state index in [1.54, 1.807) is 0 Å². The third kappa shape index (κ3) is 3.02. The van der Waals surface area contributed by atoms with Crippen molar-refractivity contribution in [3.8, 4) is 5.69 Å². The highest BCUT2D eigenvalue weighted by Gasteiger charge is 2.14. The monoisotopic (exact) mass is 341 g/mol. The summed E-state index contributed by atoms with van der Waals surface area (Å²) in [6.07, 6.45) is 0.770. The standard InChI is InChI=1S/C14H17BrClN3/c1-8(17)6-11-7-12(16)4-5-13(11)19-10(3)14(15)9(2)18-19/h4-5,7-8H,6,17H2,1-3H3. The minimum absolute atomic E-state index is 0.0811. The Labute approximate surface area is 126 Å². The number of nitrogens with zero attached hydrogens (tertiary/aromatic N) is 2. The van der Waals surface area contributed by atoms with Crippen molar-refractivity contribution in [3.63, 3.8) is 0 Å². The van der Waals surface area contributed by atoms with Crippen molar-refractivity contribution in [2.24, 2.45) is 5.73 Å². The van der Waals surface area contributed by atoms with E-state index in [1.807, 2.05) is 43.7 Å². The van der Waals surface area contributed by atoms with Crippen LogP contribution in [0.25, 0.3) is 5.69 Å².